The van der Waals surface area contributed by atoms with E-state index in [0.29, 0.717) is 24.5 Å². The smallest absolute Gasteiger partial charge is 0.119 e. The number of β-amino-alcohol motifs (C(OH)–C–C–N with tert-alkyl or cyclic N) is 1. The fraction of sp³-hybridized carbons (Fsp3) is 0.588. The van der Waals surface area contributed by atoms with Crippen molar-refractivity contribution in [3.05, 3.63) is 29.8 Å². The molecule has 2 aliphatic rings. The fourth-order valence-corrected chi connectivity index (χ4v) is 3.65. The maximum atomic E-state index is 10.1. The Labute approximate surface area is 125 Å². The van der Waals surface area contributed by atoms with Crippen molar-refractivity contribution in [3.63, 3.8) is 0 Å². The molecule has 1 saturated heterocycles. The zero-order chi connectivity index (χ0) is 14.7. The molecule has 1 saturated carbocycles. The number of benzene rings is 1. The maximum absolute atomic E-state index is 10.1. The lowest BCUT2D eigenvalue weighted by Crippen LogP contribution is -2.34. The Bertz CT molecular complexity index is 497. The van der Waals surface area contributed by atoms with E-state index in [1.54, 1.807) is 24.3 Å². The third-order valence-corrected chi connectivity index (χ3v) is 4.70. The molecular weight excluding hydrogens is 264 g/mol. The molecule has 3 atom stereocenters. The van der Waals surface area contributed by atoms with Crippen molar-refractivity contribution in [2.24, 2.45) is 11.8 Å². The molecule has 4 heteroatoms. The van der Waals surface area contributed by atoms with Gasteiger partial charge in [0.1, 0.15) is 18.5 Å². The lowest BCUT2D eigenvalue weighted by Gasteiger charge is -2.21. The quantitative estimate of drug-likeness (QED) is 0.900. The number of ether oxygens (including phenoxy) is 1. The van der Waals surface area contributed by atoms with Gasteiger partial charge in [0, 0.05) is 19.6 Å². The van der Waals surface area contributed by atoms with Crippen LogP contribution in [0.15, 0.2) is 24.3 Å². The number of nitriles is 1. The topological polar surface area (TPSA) is 56.5 Å². The summed E-state index contributed by atoms with van der Waals surface area (Å²) in [6, 6.07) is 9.06. The zero-order valence-corrected chi connectivity index (χ0v) is 12.2. The van der Waals surface area contributed by atoms with Crippen molar-refractivity contribution in [2.75, 3.05) is 26.2 Å². The first-order valence-corrected chi connectivity index (χ1v) is 7.78. The molecule has 112 valence electrons. The summed E-state index contributed by atoms with van der Waals surface area (Å²) in [5.41, 5.74) is 0.617. The molecule has 3 unspecified atom stereocenters. The van der Waals surface area contributed by atoms with Crippen LogP contribution < -0.4 is 4.74 Å². The molecule has 1 aliphatic heterocycles. The van der Waals surface area contributed by atoms with E-state index in [1.165, 1.54) is 19.3 Å². The number of aliphatic hydroxyl groups excluding tert-OH is 1. The number of fused-ring (bicyclic) bond motifs is 1. The maximum Gasteiger partial charge on any atom is 0.119 e. The van der Waals surface area contributed by atoms with Gasteiger partial charge in [-0.15, -0.1) is 0 Å². The summed E-state index contributed by atoms with van der Waals surface area (Å²) in [6.07, 6.45) is 3.64. The second-order valence-electron chi connectivity index (χ2n) is 6.27. The summed E-state index contributed by atoms with van der Waals surface area (Å²) in [4.78, 5) is 2.38. The zero-order valence-electron chi connectivity index (χ0n) is 12.2. The minimum atomic E-state index is -0.459. The number of likely N-dealkylation sites (tertiary alicyclic amines) is 1. The van der Waals surface area contributed by atoms with Gasteiger partial charge < -0.3 is 14.7 Å². The Morgan fingerprint density at radius 1 is 1.24 bits per heavy atom. The number of nitrogens with zero attached hydrogens (tertiary/aromatic N) is 2. The number of aliphatic hydroxyl groups is 1. The standard InChI is InChI=1S/C17H22N2O2/c18-8-13-4-6-17(7-5-13)21-12-16(20)11-19-9-14-2-1-3-15(14)10-19/h4-7,14-16,20H,1-3,9-12H2. The molecule has 0 spiro atoms. The van der Waals surface area contributed by atoms with Gasteiger partial charge in [-0.2, -0.15) is 5.26 Å². The van der Waals surface area contributed by atoms with Gasteiger partial charge in [-0.1, -0.05) is 6.42 Å². The Hall–Kier alpha value is -1.57. The van der Waals surface area contributed by atoms with Crippen LogP contribution in [0.5, 0.6) is 5.75 Å². The summed E-state index contributed by atoms with van der Waals surface area (Å²) in [5, 5.41) is 18.9. The van der Waals surface area contributed by atoms with Crippen LogP contribution in [0.25, 0.3) is 0 Å². The molecule has 0 radical (unpaired) electrons. The number of hydrogen-bond acceptors (Lipinski definition) is 4. The number of rotatable bonds is 5. The molecule has 0 bridgehead atoms. The first-order chi connectivity index (χ1) is 10.2. The van der Waals surface area contributed by atoms with Crippen LogP contribution in [0.2, 0.25) is 0 Å². The second kappa shape index (κ2) is 6.46. The molecule has 0 amide bonds. The molecular formula is C17H22N2O2. The van der Waals surface area contributed by atoms with E-state index in [4.69, 9.17) is 10.00 Å². The second-order valence-corrected chi connectivity index (χ2v) is 6.27. The highest BCUT2D eigenvalue weighted by Crippen LogP contribution is 2.37. The van der Waals surface area contributed by atoms with E-state index < -0.39 is 6.10 Å². The molecule has 1 aromatic rings. The van der Waals surface area contributed by atoms with E-state index >= 15 is 0 Å². The molecule has 2 fully saturated rings. The highest BCUT2D eigenvalue weighted by atomic mass is 16.5. The molecule has 1 N–H and O–H groups in total. The van der Waals surface area contributed by atoms with E-state index in [9.17, 15) is 5.11 Å². The third kappa shape index (κ3) is 3.55. The molecule has 4 nitrogen and oxygen atoms in total. The summed E-state index contributed by atoms with van der Waals surface area (Å²) in [5.74, 6) is 2.42. The van der Waals surface area contributed by atoms with Gasteiger partial charge in [-0.05, 0) is 48.9 Å². The summed E-state index contributed by atoms with van der Waals surface area (Å²) < 4.78 is 5.59. The van der Waals surface area contributed by atoms with Crippen LogP contribution in [-0.4, -0.2) is 42.4 Å². The molecule has 3 rings (SSSR count). The SMILES string of the molecule is N#Cc1ccc(OCC(O)CN2CC3CCCC3C2)cc1. The van der Waals surface area contributed by atoms with E-state index in [-0.39, 0.29) is 0 Å². The Morgan fingerprint density at radius 3 is 2.52 bits per heavy atom. The minimum Gasteiger partial charge on any atom is -0.491 e. The lowest BCUT2D eigenvalue weighted by molar-refractivity contribution is 0.0734. The first kappa shape index (κ1) is 14.4. The fourth-order valence-electron chi connectivity index (χ4n) is 3.65. The lowest BCUT2D eigenvalue weighted by atomic mass is 10.0. The van der Waals surface area contributed by atoms with Crippen LogP contribution in [0.3, 0.4) is 0 Å². The molecule has 0 aromatic heterocycles. The van der Waals surface area contributed by atoms with E-state index in [1.807, 2.05) is 0 Å². The predicted octanol–water partition coefficient (Wildman–Crippen LogP) is 2.03. The third-order valence-electron chi connectivity index (χ3n) is 4.70. The van der Waals surface area contributed by atoms with E-state index in [2.05, 4.69) is 11.0 Å². The van der Waals surface area contributed by atoms with Crippen LogP contribution in [0.1, 0.15) is 24.8 Å². The van der Waals surface area contributed by atoms with Crippen LogP contribution >= 0.6 is 0 Å². The van der Waals surface area contributed by atoms with Crippen molar-refractivity contribution < 1.29 is 9.84 Å². The van der Waals surface area contributed by atoms with Gasteiger partial charge in [0.2, 0.25) is 0 Å². The Morgan fingerprint density at radius 2 is 1.90 bits per heavy atom. The van der Waals surface area contributed by atoms with Crippen molar-refractivity contribution in [2.45, 2.75) is 25.4 Å². The Kier molecular flexibility index (Phi) is 4.42. The summed E-state index contributed by atoms with van der Waals surface area (Å²) >= 11 is 0. The minimum absolute atomic E-state index is 0.303. The average molecular weight is 286 g/mol. The molecule has 1 heterocycles. The van der Waals surface area contributed by atoms with E-state index in [0.717, 1.165) is 24.9 Å². The van der Waals surface area contributed by atoms with Gasteiger partial charge in [-0.25, -0.2) is 0 Å². The van der Waals surface area contributed by atoms with Gasteiger partial charge in [0.25, 0.3) is 0 Å². The van der Waals surface area contributed by atoms with Gasteiger partial charge in [0.05, 0.1) is 11.6 Å². The average Bonchev–Trinajstić information content (AvgIpc) is 3.07. The van der Waals surface area contributed by atoms with Crippen molar-refractivity contribution in [3.8, 4) is 11.8 Å². The van der Waals surface area contributed by atoms with Crippen molar-refractivity contribution in [1.82, 2.24) is 4.90 Å². The molecule has 1 aliphatic carbocycles. The van der Waals surface area contributed by atoms with Crippen molar-refractivity contribution >= 4 is 0 Å². The van der Waals surface area contributed by atoms with Gasteiger partial charge >= 0.3 is 0 Å². The van der Waals surface area contributed by atoms with Crippen LogP contribution in [0, 0.1) is 23.2 Å². The summed E-state index contributed by atoms with van der Waals surface area (Å²) in [6.45, 7) is 3.28. The van der Waals surface area contributed by atoms with Crippen LogP contribution in [-0.2, 0) is 0 Å². The molecule has 1 aromatic carbocycles. The highest BCUT2D eigenvalue weighted by Gasteiger charge is 2.36. The van der Waals surface area contributed by atoms with Crippen LogP contribution in [0.4, 0.5) is 0 Å². The Balaban J connectivity index is 1.42. The van der Waals surface area contributed by atoms with Crippen molar-refractivity contribution in [1.29, 1.82) is 5.26 Å². The normalized spacial score (nSPS) is 26.3. The molecule has 21 heavy (non-hydrogen) atoms. The number of hydrogen-bond donors (Lipinski definition) is 1. The predicted molar refractivity (Wildman–Crippen MR) is 79.9 cm³/mol. The highest BCUT2D eigenvalue weighted by molar-refractivity contribution is 5.34. The largest absolute Gasteiger partial charge is 0.491 e. The first-order valence-electron chi connectivity index (χ1n) is 7.78. The van der Waals surface area contributed by atoms with Gasteiger partial charge in [0.15, 0.2) is 0 Å². The summed E-state index contributed by atoms with van der Waals surface area (Å²) in [7, 11) is 0. The monoisotopic (exact) mass is 286 g/mol. The van der Waals surface area contributed by atoms with Gasteiger partial charge in [-0.3, -0.25) is 0 Å².